The van der Waals surface area contributed by atoms with Gasteiger partial charge in [-0.3, -0.25) is 0 Å². The van der Waals surface area contributed by atoms with Crippen LogP contribution in [0.2, 0.25) is 5.02 Å². The smallest absolute Gasteiger partial charge is 0.416 e. The van der Waals surface area contributed by atoms with E-state index >= 15 is 0 Å². The Morgan fingerprint density at radius 3 is 2.55 bits per heavy atom. The van der Waals surface area contributed by atoms with E-state index in [2.05, 4.69) is 4.98 Å². The number of hydrogen-bond acceptors (Lipinski definition) is 5. The number of ether oxygens (including phenoxy) is 2. The number of rotatable bonds is 5. The Bertz CT molecular complexity index is 1050. The molecule has 0 saturated heterocycles. The van der Waals surface area contributed by atoms with Gasteiger partial charge in [-0.1, -0.05) is 11.6 Å². The van der Waals surface area contributed by atoms with E-state index in [-0.39, 0.29) is 22.9 Å². The van der Waals surface area contributed by atoms with E-state index < -0.39 is 17.7 Å². The molecule has 0 N–H and O–H groups in total. The van der Waals surface area contributed by atoms with Crippen LogP contribution in [0.25, 0.3) is 11.3 Å². The summed E-state index contributed by atoms with van der Waals surface area (Å²) in [6.45, 7) is 1.64. The highest BCUT2D eigenvalue weighted by atomic mass is 35.5. The summed E-state index contributed by atoms with van der Waals surface area (Å²) in [5.74, 6) is -0.0133. The van der Waals surface area contributed by atoms with E-state index in [1.54, 1.807) is 25.1 Å². The number of methoxy groups -OCH3 is 1. The average Bonchev–Trinajstić information content (AvgIpc) is 3.11. The van der Waals surface area contributed by atoms with Crippen molar-refractivity contribution >= 4 is 17.6 Å². The highest BCUT2D eigenvalue weighted by molar-refractivity contribution is 6.32. The van der Waals surface area contributed by atoms with Gasteiger partial charge in [-0.05, 0) is 42.0 Å². The summed E-state index contributed by atoms with van der Waals surface area (Å²) in [7, 11) is 1.26. The molecule has 3 rings (SSSR count). The van der Waals surface area contributed by atoms with E-state index in [0.29, 0.717) is 22.7 Å². The second-order valence-corrected chi connectivity index (χ2v) is 6.50. The van der Waals surface area contributed by atoms with E-state index in [9.17, 15) is 18.0 Å². The van der Waals surface area contributed by atoms with Crippen LogP contribution in [0.3, 0.4) is 0 Å². The van der Waals surface area contributed by atoms with Gasteiger partial charge in [-0.25, -0.2) is 9.78 Å². The zero-order valence-electron chi connectivity index (χ0n) is 15.3. The van der Waals surface area contributed by atoms with Gasteiger partial charge >= 0.3 is 12.1 Å². The summed E-state index contributed by atoms with van der Waals surface area (Å²) < 4.78 is 53.8. The Morgan fingerprint density at radius 2 is 1.97 bits per heavy atom. The highest BCUT2D eigenvalue weighted by Crippen LogP contribution is 2.35. The summed E-state index contributed by atoms with van der Waals surface area (Å²) in [4.78, 5) is 16.2. The van der Waals surface area contributed by atoms with E-state index in [1.807, 2.05) is 0 Å². The van der Waals surface area contributed by atoms with Crippen LogP contribution < -0.4 is 4.74 Å². The second-order valence-electron chi connectivity index (χ2n) is 6.09. The van der Waals surface area contributed by atoms with Crippen LogP contribution in [-0.4, -0.2) is 18.1 Å². The maximum Gasteiger partial charge on any atom is 0.416 e. The standard InChI is InChI=1S/C20H15ClF3NO4/c1-11-25-17(10-28-11)13-5-12(6-14(7-13)19(26)27-2)9-29-18-4-3-15(8-16(18)21)20(22,23)24/h3-8,10H,9H2,1-2H3. The zero-order valence-corrected chi connectivity index (χ0v) is 16.1. The Labute approximate surface area is 169 Å². The van der Waals surface area contributed by atoms with Crippen LogP contribution in [0.1, 0.15) is 27.4 Å². The molecule has 0 unspecified atom stereocenters. The third kappa shape index (κ3) is 4.89. The minimum atomic E-state index is -4.50. The van der Waals surface area contributed by atoms with Gasteiger partial charge in [0.15, 0.2) is 5.89 Å². The third-order valence-corrected chi connectivity index (χ3v) is 4.28. The molecule has 3 aromatic rings. The molecule has 5 nitrogen and oxygen atoms in total. The Hall–Kier alpha value is -3.00. The fraction of sp³-hybridized carbons (Fsp3) is 0.200. The molecule has 0 aliphatic rings. The van der Waals surface area contributed by atoms with Crippen LogP contribution in [0.4, 0.5) is 13.2 Å². The van der Waals surface area contributed by atoms with Crippen molar-refractivity contribution in [1.82, 2.24) is 4.98 Å². The third-order valence-electron chi connectivity index (χ3n) is 3.98. The summed E-state index contributed by atoms with van der Waals surface area (Å²) in [6.07, 6.45) is -3.05. The number of carbonyl (C=O) groups is 1. The number of carbonyl (C=O) groups excluding carboxylic acids is 1. The Morgan fingerprint density at radius 1 is 1.21 bits per heavy atom. The fourth-order valence-corrected chi connectivity index (χ4v) is 2.85. The molecule has 0 radical (unpaired) electrons. The number of nitrogens with zero attached hydrogens (tertiary/aromatic N) is 1. The maximum atomic E-state index is 12.8. The van der Waals surface area contributed by atoms with Crippen LogP contribution in [-0.2, 0) is 17.5 Å². The molecule has 0 aliphatic carbocycles. The molecule has 0 spiro atoms. The number of esters is 1. The summed E-state index contributed by atoms with van der Waals surface area (Å²) in [5.41, 5.74) is 1.08. The lowest BCUT2D eigenvalue weighted by Crippen LogP contribution is -2.06. The van der Waals surface area contributed by atoms with E-state index in [1.165, 1.54) is 13.4 Å². The quantitative estimate of drug-likeness (QED) is 0.491. The summed E-state index contributed by atoms with van der Waals surface area (Å²) in [6, 6.07) is 7.71. The largest absolute Gasteiger partial charge is 0.487 e. The first-order valence-corrected chi connectivity index (χ1v) is 8.69. The van der Waals surface area contributed by atoms with Gasteiger partial charge in [0.25, 0.3) is 0 Å². The molecule has 0 saturated carbocycles. The highest BCUT2D eigenvalue weighted by Gasteiger charge is 2.31. The maximum absolute atomic E-state index is 12.8. The van der Waals surface area contributed by atoms with Gasteiger partial charge in [0.2, 0.25) is 0 Å². The van der Waals surface area contributed by atoms with Crippen molar-refractivity contribution in [1.29, 1.82) is 0 Å². The van der Waals surface area contributed by atoms with Crippen LogP contribution >= 0.6 is 11.6 Å². The molecular formula is C20H15ClF3NO4. The minimum Gasteiger partial charge on any atom is -0.487 e. The second kappa shape index (κ2) is 8.16. The van der Waals surface area contributed by atoms with Crippen LogP contribution in [0, 0.1) is 6.92 Å². The lowest BCUT2D eigenvalue weighted by Gasteiger charge is -2.12. The summed E-state index contributed by atoms with van der Waals surface area (Å²) in [5, 5.41) is -0.170. The molecular weight excluding hydrogens is 411 g/mol. The van der Waals surface area contributed by atoms with Crippen molar-refractivity contribution in [2.45, 2.75) is 19.7 Å². The molecule has 152 valence electrons. The first-order valence-electron chi connectivity index (χ1n) is 8.31. The molecule has 9 heteroatoms. The average molecular weight is 426 g/mol. The molecule has 1 heterocycles. The Kier molecular flexibility index (Phi) is 5.83. The molecule has 1 aromatic heterocycles. The molecule has 0 aliphatic heterocycles. The minimum absolute atomic E-state index is 0.0419. The van der Waals surface area contributed by atoms with Crippen LogP contribution in [0.15, 0.2) is 47.1 Å². The number of aryl methyl sites for hydroxylation is 1. The molecule has 29 heavy (non-hydrogen) atoms. The fourth-order valence-electron chi connectivity index (χ4n) is 2.61. The van der Waals surface area contributed by atoms with Gasteiger partial charge in [0.1, 0.15) is 24.3 Å². The van der Waals surface area contributed by atoms with Crippen molar-refractivity contribution in [3.8, 4) is 17.0 Å². The topological polar surface area (TPSA) is 61.6 Å². The molecule has 0 atom stereocenters. The molecule has 2 aromatic carbocycles. The number of benzene rings is 2. The number of alkyl halides is 3. The van der Waals surface area contributed by atoms with Crippen molar-refractivity contribution in [2.75, 3.05) is 7.11 Å². The number of oxazole rings is 1. The van der Waals surface area contributed by atoms with Gasteiger partial charge in [-0.15, -0.1) is 0 Å². The molecule has 0 bridgehead atoms. The predicted molar refractivity (Wildman–Crippen MR) is 98.8 cm³/mol. The van der Waals surface area contributed by atoms with Gasteiger partial charge in [-0.2, -0.15) is 13.2 Å². The monoisotopic (exact) mass is 425 g/mol. The Balaban J connectivity index is 1.88. The number of hydrogen-bond donors (Lipinski definition) is 0. The van der Waals surface area contributed by atoms with Crippen LogP contribution in [0.5, 0.6) is 5.75 Å². The van der Waals surface area contributed by atoms with Gasteiger partial charge < -0.3 is 13.9 Å². The van der Waals surface area contributed by atoms with Crippen molar-refractivity contribution in [2.24, 2.45) is 0 Å². The summed E-state index contributed by atoms with van der Waals surface area (Å²) >= 11 is 5.91. The molecule has 0 amide bonds. The van der Waals surface area contributed by atoms with Crippen molar-refractivity contribution in [3.63, 3.8) is 0 Å². The SMILES string of the molecule is COC(=O)c1cc(COc2ccc(C(F)(F)F)cc2Cl)cc(-c2coc(C)n2)c1. The van der Waals surface area contributed by atoms with Gasteiger partial charge in [0.05, 0.1) is 23.3 Å². The molecule has 0 fully saturated rings. The van der Waals surface area contributed by atoms with Crippen molar-refractivity contribution < 1.29 is 31.9 Å². The van der Waals surface area contributed by atoms with Crippen molar-refractivity contribution in [3.05, 3.63) is 70.3 Å². The lowest BCUT2D eigenvalue weighted by atomic mass is 10.0. The zero-order chi connectivity index (χ0) is 21.2. The van der Waals surface area contributed by atoms with Gasteiger partial charge in [0, 0.05) is 12.5 Å². The normalized spacial score (nSPS) is 11.4. The number of halogens is 4. The van der Waals surface area contributed by atoms with E-state index in [0.717, 1.165) is 18.2 Å². The lowest BCUT2D eigenvalue weighted by molar-refractivity contribution is -0.137. The first kappa shape index (κ1) is 20.7. The number of aromatic nitrogens is 1. The first-order chi connectivity index (χ1) is 13.7. The predicted octanol–water partition coefficient (Wildman–Crippen LogP) is 5.69. The van der Waals surface area contributed by atoms with E-state index in [4.69, 9.17) is 25.5 Å².